The highest BCUT2D eigenvalue weighted by molar-refractivity contribution is 6.59. The van der Waals surface area contributed by atoms with Crippen LogP contribution in [0.25, 0.3) is 0 Å². The van der Waals surface area contributed by atoms with Crippen LogP contribution in [0.5, 0.6) is 0 Å². The summed E-state index contributed by atoms with van der Waals surface area (Å²) in [6.07, 6.45) is 0. The number of aromatic carboxylic acids is 1. The summed E-state index contributed by atoms with van der Waals surface area (Å²) in [6.45, 7) is 1.36. The van der Waals surface area contributed by atoms with Crippen LogP contribution in [0.2, 0.25) is 0 Å². The molecule has 1 aliphatic carbocycles. The quantitative estimate of drug-likeness (QED) is 0.850. The zero-order valence-corrected chi connectivity index (χ0v) is 9.85. The van der Waals surface area contributed by atoms with E-state index in [0.29, 0.717) is 0 Å². The van der Waals surface area contributed by atoms with Gasteiger partial charge in [0.1, 0.15) is 10.1 Å². The number of fused-ring (bicyclic) bond motifs is 1. The van der Waals surface area contributed by atoms with Crippen molar-refractivity contribution in [2.24, 2.45) is 0 Å². The van der Waals surface area contributed by atoms with Crippen LogP contribution in [0.1, 0.15) is 37.0 Å². The van der Waals surface area contributed by atoms with Crippen molar-refractivity contribution in [3.8, 4) is 0 Å². The molecule has 0 fully saturated rings. The first-order valence-corrected chi connectivity index (χ1v) is 5.13. The van der Waals surface area contributed by atoms with Gasteiger partial charge in [-0.25, -0.2) is 4.79 Å². The molecule has 0 atom stereocenters. The highest BCUT2D eigenvalue weighted by atomic mass is 35.5. The summed E-state index contributed by atoms with van der Waals surface area (Å²) < 4.78 is 4.85. The van der Waals surface area contributed by atoms with E-state index in [0.717, 1.165) is 0 Å². The first-order chi connectivity index (χ1) is 7.86. The average Bonchev–Trinajstić information content (AvgIpc) is 2.62. The molecule has 0 saturated carbocycles. The van der Waals surface area contributed by atoms with Gasteiger partial charge in [0.25, 0.3) is 0 Å². The number of halogens is 2. The van der Waals surface area contributed by atoms with Crippen molar-refractivity contribution in [2.45, 2.75) is 6.92 Å². The van der Waals surface area contributed by atoms with E-state index in [4.69, 9.17) is 32.7 Å². The van der Waals surface area contributed by atoms with Gasteiger partial charge < -0.3 is 9.52 Å². The Bertz CT molecular complexity index is 608. The molecule has 1 aromatic heterocycles. The average molecular weight is 275 g/mol. The number of carboxylic acids is 1. The first kappa shape index (κ1) is 11.9. The van der Waals surface area contributed by atoms with E-state index in [-0.39, 0.29) is 16.9 Å². The number of allylic oxidation sites excluding steroid dienone is 2. The van der Waals surface area contributed by atoms with Crippen molar-refractivity contribution in [2.75, 3.05) is 0 Å². The second-order valence-corrected chi connectivity index (χ2v) is 4.11. The molecule has 0 saturated heterocycles. The molecule has 2 rings (SSSR count). The third kappa shape index (κ3) is 1.50. The molecule has 5 nitrogen and oxygen atoms in total. The summed E-state index contributed by atoms with van der Waals surface area (Å²) in [4.78, 5) is 34.2. The summed E-state index contributed by atoms with van der Waals surface area (Å²) in [6, 6.07) is 0. The Labute approximate surface area is 105 Å². The topological polar surface area (TPSA) is 84.6 Å². The predicted molar refractivity (Wildman–Crippen MR) is 57.8 cm³/mol. The molecule has 1 heterocycles. The van der Waals surface area contributed by atoms with Crippen LogP contribution in [0.15, 0.2) is 14.5 Å². The molecule has 0 aliphatic heterocycles. The largest absolute Gasteiger partial charge is 0.475 e. The van der Waals surface area contributed by atoms with Crippen molar-refractivity contribution < 1.29 is 23.9 Å². The van der Waals surface area contributed by atoms with Crippen LogP contribution in [0.3, 0.4) is 0 Å². The normalized spacial score (nSPS) is 15.2. The van der Waals surface area contributed by atoms with Gasteiger partial charge in [0.15, 0.2) is 5.76 Å². The lowest BCUT2D eigenvalue weighted by atomic mass is 9.98. The lowest BCUT2D eigenvalue weighted by Crippen LogP contribution is -2.16. The van der Waals surface area contributed by atoms with E-state index < -0.39 is 33.4 Å². The number of carbonyl (C=O) groups is 3. The summed E-state index contributed by atoms with van der Waals surface area (Å²) in [5, 5.41) is 7.93. The zero-order valence-electron chi connectivity index (χ0n) is 8.34. The number of ketones is 2. The van der Waals surface area contributed by atoms with E-state index in [1.807, 2.05) is 0 Å². The van der Waals surface area contributed by atoms with E-state index in [9.17, 15) is 14.4 Å². The summed E-state index contributed by atoms with van der Waals surface area (Å²) >= 11 is 11.1. The summed E-state index contributed by atoms with van der Waals surface area (Å²) in [5.41, 5.74) is -0.0741. The Kier molecular flexibility index (Phi) is 2.60. The molecule has 17 heavy (non-hydrogen) atoms. The number of Topliss-reactive ketones (excluding diaryl/α,β-unsaturated/α-hetero) is 2. The highest BCUT2D eigenvalue weighted by Crippen LogP contribution is 2.35. The Balaban J connectivity index is 2.77. The Morgan fingerprint density at radius 1 is 1.18 bits per heavy atom. The minimum absolute atomic E-state index is 0.0631. The Hall–Kier alpha value is -1.59. The minimum atomic E-state index is -1.37. The molecule has 0 radical (unpaired) electrons. The zero-order chi connectivity index (χ0) is 12.9. The van der Waals surface area contributed by atoms with Crippen LogP contribution in [0, 0.1) is 6.92 Å². The summed E-state index contributed by atoms with van der Waals surface area (Å²) in [5.74, 6) is -3.71. The smallest absolute Gasteiger partial charge is 0.372 e. The molecule has 1 aliphatic rings. The van der Waals surface area contributed by atoms with Crippen molar-refractivity contribution in [1.29, 1.82) is 0 Å². The van der Waals surface area contributed by atoms with Gasteiger partial charge in [-0.1, -0.05) is 23.2 Å². The number of hydrogen-bond acceptors (Lipinski definition) is 4. The van der Waals surface area contributed by atoms with Gasteiger partial charge in [-0.2, -0.15) is 0 Å². The van der Waals surface area contributed by atoms with Gasteiger partial charge in [0, 0.05) is 5.56 Å². The van der Waals surface area contributed by atoms with Gasteiger partial charge in [-0.3, -0.25) is 9.59 Å². The molecule has 0 spiro atoms. The fraction of sp³-hybridized carbons (Fsp3) is 0.100. The lowest BCUT2D eigenvalue weighted by Gasteiger charge is -2.08. The predicted octanol–water partition coefficient (Wildman–Crippen LogP) is 2.35. The van der Waals surface area contributed by atoms with Crippen molar-refractivity contribution in [1.82, 2.24) is 0 Å². The lowest BCUT2D eigenvalue weighted by molar-refractivity contribution is 0.0659. The monoisotopic (exact) mass is 274 g/mol. The van der Waals surface area contributed by atoms with E-state index >= 15 is 0 Å². The van der Waals surface area contributed by atoms with E-state index in [1.54, 1.807) is 0 Å². The first-order valence-electron chi connectivity index (χ1n) is 4.37. The fourth-order valence-corrected chi connectivity index (χ4v) is 1.91. The van der Waals surface area contributed by atoms with Crippen molar-refractivity contribution in [3.63, 3.8) is 0 Å². The maximum absolute atomic E-state index is 11.7. The maximum atomic E-state index is 11.7. The Morgan fingerprint density at radius 2 is 1.71 bits per heavy atom. The van der Waals surface area contributed by atoms with Crippen LogP contribution >= 0.6 is 23.2 Å². The van der Waals surface area contributed by atoms with Crippen molar-refractivity contribution in [3.05, 3.63) is 32.7 Å². The van der Waals surface area contributed by atoms with Gasteiger partial charge >= 0.3 is 5.97 Å². The maximum Gasteiger partial charge on any atom is 0.372 e. The molecular weight excluding hydrogens is 271 g/mol. The number of rotatable bonds is 1. The SMILES string of the molecule is Cc1c(C(=O)O)oc2c1C(=O)C(Cl)=C(Cl)C2=O. The van der Waals surface area contributed by atoms with Crippen LogP contribution < -0.4 is 0 Å². The highest BCUT2D eigenvalue weighted by Gasteiger charge is 2.38. The number of hydrogen-bond donors (Lipinski definition) is 1. The van der Waals surface area contributed by atoms with Crippen LogP contribution in [0.4, 0.5) is 0 Å². The second kappa shape index (κ2) is 3.72. The third-order valence-corrected chi connectivity index (χ3v) is 3.18. The van der Waals surface area contributed by atoms with Crippen molar-refractivity contribution >= 4 is 40.7 Å². The molecular formula is C10H4Cl2O5. The van der Waals surface area contributed by atoms with E-state index in [2.05, 4.69) is 0 Å². The molecule has 0 aromatic carbocycles. The van der Waals surface area contributed by atoms with Crippen LogP contribution in [-0.4, -0.2) is 22.6 Å². The second-order valence-electron chi connectivity index (χ2n) is 3.35. The molecule has 0 unspecified atom stereocenters. The number of carbonyl (C=O) groups excluding carboxylic acids is 2. The third-order valence-electron chi connectivity index (χ3n) is 2.37. The molecule has 7 heteroatoms. The molecule has 1 aromatic rings. The van der Waals surface area contributed by atoms with Gasteiger partial charge in [-0.15, -0.1) is 0 Å². The molecule has 0 bridgehead atoms. The van der Waals surface area contributed by atoms with Gasteiger partial charge in [-0.05, 0) is 6.92 Å². The molecule has 1 N–H and O–H groups in total. The standard InChI is InChI=1S/C10H4Cl2O5/c1-2-3-6(13)4(11)5(12)7(14)9(3)17-8(2)10(15)16/h1H3,(H,15,16). The molecule has 88 valence electrons. The molecule has 0 amide bonds. The summed E-state index contributed by atoms with van der Waals surface area (Å²) in [7, 11) is 0. The van der Waals surface area contributed by atoms with Crippen LogP contribution in [-0.2, 0) is 0 Å². The number of carboxylic acid groups (broad SMARTS) is 1. The van der Waals surface area contributed by atoms with E-state index in [1.165, 1.54) is 6.92 Å². The Morgan fingerprint density at radius 3 is 2.24 bits per heavy atom. The van der Waals surface area contributed by atoms with Gasteiger partial charge in [0.05, 0.1) is 5.56 Å². The number of furan rings is 1. The van der Waals surface area contributed by atoms with Gasteiger partial charge in [0.2, 0.25) is 17.3 Å². The fourth-order valence-electron chi connectivity index (χ4n) is 1.56. The minimum Gasteiger partial charge on any atom is -0.475 e.